The van der Waals surface area contributed by atoms with Crippen molar-refractivity contribution in [2.75, 3.05) is 5.88 Å². The van der Waals surface area contributed by atoms with Gasteiger partial charge in [0.25, 0.3) is 0 Å². The van der Waals surface area contributed by atoms with Crippen molar-refractivity contribution >= 4 is 39.3 Å². The Labute approximate surface area is 123 Å². The third kappa shape index (κ3) is 4.30. The standard InChI is InChI=1S/C12H12BrClN2OS/c13-9-3-1-4-10(7-9)18-8-11-15-12(17-16-11)5-2-6-14/h1,3-4,7H,2,5-6,8H2. The van der Waals surface area contributed by atoms with Gasteiger partial charge in [-0.05, 0) is 24.6 Å². The molecule has 0 N–H and O–H groups in total. The Morgan fingerprint density at radius 2 is 2.28 bits per heavy atom. The Balaban J connectivity index is 1.88. The molecule has 0 fully saturated rings. The quantitative estimate of drug-likeness (QED) is 0.577. The van der Waals surface area contributed by atoms with Crippen molar-refractivity contribution in [3.63, 3.8) is 0 Å². The maximum absolute atomic E-state index is 5.62. The Kier molecular flexibility index (Phi) is 5.53. The third-order valence-corrected chi connectivity index (χ3v) is 3.95. The second kappa shape index (κ2) is 7.16. The van der Waals surface area contributed by atoms with Crippen molar-refractivity contribution in [1.82, 2.24) is 10.1 Å². The second-order valence-electron chi connectivity index (χ2n) is 3.64. The zero-order valence-corrected chi connectivity index (χ0v) is 12.8. The summed E-state index contributed by atoms with van der Waals surface area (Å²) < 4.78 is 6.21. The van der Waals surface area contributed by atoms with E-state index in [2.05, 4.69) is 38.2 Å². The highest BCUT2D eigenvalue weighted by Gasteiger charge is 2.06. The normalized spacial score (nSPS) is 10.8. The maximum atomic E-state index is 5.62. The lowest BCUT2D eigenvalue weighted by atomic mass is 10.3. The van der Waals surface area contributed by atoms with E-state index in [-0.39, 0.29) is 0 Å². The number of halogens is 2. The van der Waals surface area contributed by atoms with Gasteiger partial charge in [0.1, 0.15) is 0 Å². The lowest BCUT2D eigenvalue weighted by molar-refractivity contribution is 0.373. The molecule has 0 amide bonds. The molecule has 0 aliphatic carbocycles. The number of nitrogens with zero attached hydrogens (tertiary/aromatic N) is 2. The van der Waals surface area contributed by atoms with Gasteiger partial charge in [-0.2, -0.15) is 4.98 Å². The van der Waals surface area contributed by atoms with E-state index in [4.69, 9.17) is 16.1 Å². The number of hydrogen-bond acceptors (Lipinski definition) is 4. The molecule has 0 saturated carbocycles. The first kappa shape index (κ1) is 13.9. The summed E-state index contributed by atoms with van der Waals surface area (Å²) in [6, 6.07) is 8.14. The molecule has 0 bridgehead atoms. The number of aromatic nitrogens is 2. The summed E-state index contributed by atoms with van der Waals surface area (Å²) in [5.74, 6) is 2.72. The molecular weight excluding hydrogens is 336 g/mol. The van der Waals surface area contributed by atoms with Crippen molar-refractivity contribution in [1.29, 1.82) is 0 Å². The van der Waals surface area contributed by atoms with E-state index in [0.29, 0.717) is 17.5 Å². The van der Waals surface area contributed by atoms with Crippen LogP contribution in [-0.2, 0) is 12.2 Å². The van der Waals surface area contributed by atoms with Crippen LogP contribution in [0.1, 0.15) is 18.1 Å². The highest BCUT2D eigenvalue weighted by Crippen LogP contribution is 2.24. The van der Waals surface area contributed by atoms with Crippen molar-refractivity contribution in [2.45, 2.75) is 23.5 Å². The fourth-order valence-corrected chi connectivity index (χ4v) is 2.86. The van der Waals surface area contributed by atoms with Gasteiger partial charge in [0, 0.05) is 21.7 Å². The van der Waals surface area contributed by atoms with Crippen LogP contribution in [0.3, 0.4) is 0 Å². The monoisotopic (exact) mass is 346 g/mol. The molecule has 0 radical (unpaired) electrons. The molecule has 1 aromatic heterocycles. The first-order valence-electron chi connectivity index (χ1n) is 5.54. The van der Waals surface area contributed by atoms with Crippen LogP contribution in [0, 0.1) is 0 Å². The van der Waals surface area contributed by atoms with Gasteiger partial charge < -0.3 is 4.52 Å². The summed E-state index contributed by atoms with van der Waals surface area (Å²) in [4.78, 5) is 5.49. The average Bonchev–Trinajstić information content (AvgIpc) is 2.82. The van der Waals surface area contributed by atoms with E-state index in [1.165, 1.54) is 4.90 Å². The fraction of sp³-hybridized carbons (Fsp3) is 0.333. The Morgan fingerprint density at radius 3 is 3.06 bits per heavy atom. The zero-order chi connectivity index (χ0) is 12.8. The van der Waals surface area contributed by atoms with Crippen LogP contribution in [0.25, 0.3) is 0 Å². The van der Waals surface area contributed by atoms with Crippen LogP contribution in [0.15, 0.2) is 38.2 Å². The van der Waals surface area contributed by atoms with E-state index in [0.717, 1.165) is 23.1 Å². The smallest absolute Gasteiger partial charge is 0.226 e. The van der Waals surface area contributed by atoms with Gasteiger partial charge in [-0.3, -0.25) is 0 Å². The van der Waals surface area contributed by atoms with Gasteiger partial charge in [0.15, 0.2) is 5.82 Å². The molecule has 0 unspecified atom stereocenters. The van der Waals surface area contributed by atoms with Crippen LogP contribution >= 0.6 is 39.3 Å². The van der Waals surface area contributed by atoms with E-state index < -0.39 is 0 Å². The first-order chi connectivity index (χ1) is 8.78. The van der Waals surface area contributed by atoms with E-state index in [1.807, 2.05) is 12.1 Å². The van der Waals surface area contributed by atoms with Gasteiger partial charge >= 0.3 is 0 Å². The number of alkyl halides is 1. The van der Waals surface area contributed by atoms with E-state index in [1.54, 1.807) is 11.8 Å². The van der Waals surface area contributed by atoms with Crippen molar-refractivity contribution in [2.24, 2.45) is 0 Å². The predicted molar refractivity (Wildman–Crippen MR) is 77.0 cm³/mol. The van der Waals surface area contributed by atoms with Gasteiger partial charge in [-0.25, -0.2) is 0 Å². The topological polar surface area (TPSA) is 38.9 Å². The van der Waals surface area contributed by atoms with Crippen LogP contribution in [-0.4, -0.2) is 16.0 Å². The summed E-state index contributed by atoms with van der Waals surface area (Å²) in [7, 11) is 0. The van der Waals surface area contributed by atoms with Crippen LogP contribution in [0.5, 0.6) is 0 Å². The molecule has 0 aliphatic heterocycles. The Bertz CT molecular complexity index is 506. The highest BCUT2D eigenvalue weighted by atomic mass is 79.9. The molecule has 1 aromatic carbocycles. The highest BCUT2D eigenvalue weighted by molar-refractivity contribution is 9.10. The molecule has 0 atom stereocenters. The second-order valence-corrected chi connectivity index (χ2v) is 5.99. The van der Waals surface area contributed by atoms with E-state index >= 15 is 0 Å². The summed E-state index contributed by atoms with van der Waals surface area (Å²) >= 11 is 10.7. The number of rotatable bonds is 6. The molecule has 96 valence electrons. The molecule has 2 rings (SSSR count). The maximum Gasteiger partial charge on any atom is 0.226 e. The summed E-state index contributed by atoms with van der Waals surface area (Å²) in [6.45, 7) is 0. The molecule has 6 heteroatoms. The van der Waals surface area contributed by atoms with Crippen molar-refractivity contribution in [3.05, 3.63) is 40.5 Å². The van der Waals surface area contributed by atoms with Crippen molar-refractivity contribution in [3.8, 4) is 0 Å². The molecule has 2 aromatic rings. The van der Waals surface area contributed by atoms with Crippen LogP contribution in [0.2, 0.25) is 0 Å². The first-order valence-corrected chi connectivity index (χ1v) is 7.85. The molecule has 0 spiro atoms. The molecule has 1 heterocycles. The zero-order valence-electron chi connectivity index (χ0n) is 9.60. The largest absolute Gasteiger partial charge is 0.339 e. The lowest BCUT2D eigenvalue weighted by Gasteiger charge is -1.98. The fourth-order valence-electron chi connectivity index (χ4n) is 1.37. The summed E-state index contributed by atoms with van der Waals surface area (Å²) in [6.07, 6.45) is 1.61. The lowest BCUT2D eigenvalue weighted by Crippen LogP contribution is -1.88. The van der Waals surface area contributed by atoms with Gasteiger partial charge in [0.05, 0.1) is 5.75 Å². The van der Waals surface area contributed by atoms with E-state index in [9.17, 15) is 0 Å². The molecule has 0 saturated heterocycles. The third-order valence-electron chi connectivity index (χ3n) is 2.20. The van der Waals surface area contributed by atoms with Gasteiger partial charge in [-0.15, -0.1) is 23.4 Å². The van der Waals surface area contributed by atoms with Gasteiger partial charge in [-0.1, -0.05) is 27.2 Å². The Morgan fingerprint density at radius 1 is 1.39 bits per heavy atom. The SMILES string of the molecule is ClCCCc1nc(CSc2cccc(Br)c2)no1. The number of thioether (sulfide) groups is 1. The van der Waals surface area contributed by atoms with Crippen LogP contribution < -0.4 is 0 Å². The number of aryl methyl sites for hydroxylation is 1. The minimum atomic E-state index is 0.616. The predicted octanol–water partition coefficient (Wildman–Crippen LogP) is 4.30. The minimum absolute atomic E-state index is 0.616. The summed E-state index contributed by atoms with van der Waals surface area (Å²) in [5, 5.41) is 3.94. The summed E-state index contributed by atoms with van der Waals surface area (Å²) in [5.41, 5.74) is 0. The molecule has 3 nitrogen and oxygen atoms in total. The number of benzene rings is 1. The van der Waals surface area contributed by atoms with Crippen LogP contribution in [0.4, 0.5) is 0 Å². The number of hydrogen-bond donors (Lipinski definition) is 0. The minimum Gasteiger partial charge on any atom is -0.339 e. The Hall–Kier alpha value is -0.520. The van der Waals surface area contributed by atoms with Crippen molar-refractivity contribution < 1.29 is 4.52 Å². The van der Waals surface area contributed by atoms with Gasteiger partial charge in [0.2, 0.25) is 5.89 Å². The molecule has 0 aliphatic rings. The molecular formula is C12H12BrClN2OS. The molecule has 18 heavy (non-hydrogen) atoms. The average molecular weight is 348 g/mol.